The highest BCUT2D eigenvalue weighted by atomic mass is 32.2. The van der Waals surface area contributed by atoms with E-state index in [1.807, 2.05) is 12.1 Å². The molecule has 148 valence electrons. The van der Waals surface area contributed by atoms with Crippen LogP contribution in [0, 0.1) is 11.3 Å². The van der Waals surface area contributed by atoms with Crippen LogP contribution in [0.15, 0.2) is 29.4 Å². The zero-order chi connectivity index (χ0) is 20.1. The minimum atomic E-state index is -0.672. The molecule has 1 saturated carbocycles. The van der Waals surface area contributed by atoms with Gasteiger partial charge in [0.15, 0.2) is 0 Å². The van der Waals surface area contributed by atoms with Gasteiger partial charge in [-0.25, -0.2) is 0 Å². The molecule has 1 aliphatic rings. The summed E-state index contributed by atoms with van der Waals surface area (Å²) < 4.78 is 1.64. The Hall–Kier alpha value is -2.40. The van der Waals surface area contributed by atoms with Crippen molar-refractivity contribution in [1.82, 2.24) is 25.1 Å². The molecule has 2 aromatic rings. The number of hydrogen-bond acceptors (Lipinski definition) is 6. The molecule has 1 heterocycles. The third-order valence-corrected chi connectivity index (χ3v) is 6.38. The normalized spacial score (nSPS) is 16.0. The SMILES string of the molecule is CC(C)c1ccc(-n2nnnc2SCC(=O)N(C)C2(C#N)CCCCC2)cc1. The summed E-state index contributed by atoms with van der Waals surface area (Å²) >= 11 is 1.29. The zero-order valence-electron chi connectivity index (χ0n) is 16.6. The number of aromatic nitrogens is 4. The number of nitriles is 1. The maximum atomic E-state index is 12.7. The van der Waals surface area contributed by atoms with Crippen molar-refractivity contribution in [3.63, 3.8) is 0 Å². The van der Waals surface area contributed by atoms with Crippen molar-refractivity contribution in [1.29, 1.82) is 5.26 Å². The molecule has 0 unspecified atom stereocenters. The van der Waals surface area contributed by atoms with Crippen LogP contribution in [-0.2, 0) is 4.79 Å². The summed E-state index contributed by atoms with van der Waals surface area (Å²) in [6, 6.07) is 10.5. The van der Waals surface area contributed by atoms with E-state index in [1.54, 1.807) is 16.6 Å². The van der Waals surface area contributed by atoms with Gasteiger partial charge in [-0.1, -0.05) is 57.0 Å². The van der Waals surface area contributed by atoms with Gasteiger partial charge in [-0.2, -0.15) is 9.94 Å². The van der Waals surface area contributed by atoms with Crippen molar-refractivity contribution >= 4 is 17.7 Å². The van der Waals surface area contributed by atoms with Gasteiger partial charge in [0.1, 0.15) is 5.54 Å². The summed E-state index contributed by atoms with van der Waals surface area (Å²) in [6.45, 7) is 4.30. The predicted molar refractivity (Wildman–Crippen MR) is 108 cm³/mol. The maximum absolute atomic E-state index is 12.7. The van der Waals surface area contributed by atoms with Gasteiger partial charge in [0.2, 0.25) is 11.1 Å². The molecular weight excluding hydrogens is 372 g/mol. The number of rotatable bonds is 6. The second-order valence-electron chi connectivity index (χ2n) is 7.56. The molecule has 3 rings (SSSR count). The van der Waals surface area contributed by atoms with Gasteiger partial charge < -0.3 is 4.90 Å². The van der Waals surface area contributed by atoms with E-state index in [0.717, 1.165) is 37.8 Å². The van der Waals surface area contributed by atoms with Crippen LogP contribution in [0.3, 0.4) is 0 Å². The van der Waals surface area contributed by atoms with Crippen LogP contribution >= 0.6 is 11.8 Å². The fourth-order valence-electron chi connectivity index (χ4n) is 3.55. The van der Waals surface area contributed by atoms with Crippen LogP contribution in [0.1, 0.15) is 57.4 Å². The highest BCUT2D eigenvalue weighted by Crippen LogP contribution is 2.33. The summed E-state index contributed by atoms with van der Waals surface area (Å²) in [4.78, 5) is 14.4. The zero-order valence-corrected chi connectivity index (χ0v) is 17.4. The smallest absolute Gasteiger partial charge is 0.234 e. The second-order valence-corrected chi connectivity index (χ2v) is 8.51. The number of tetrazole rings is 1. The minimum Gasteiger partial charge on any atom is -0.326 e. The monoisotopic (exact) mass is 398 g/mol. The van der Waals surface area contributed by atoms with Crippen LogP contribution in [0.4, 0.5) is 0 Å². The summed E-state index contributed by atoms with van der Waals surface area (Å²) in [6.07, 6.45) is 4.60. The van der Waals surface area contributed by atoms with Crippen molar-refractivity contribution in [2.24, 2.45) is 0 Å². The Balaban J connectivity index is 1.68. The molecule has 28 heavy (non-hydrogen) atoms. The Bertz CT molecular complexity index is 848. The number of nitrogens with zero attached hydrogens (tertiary/aromatic N) is 6. The Labute approximate surface area is 170 Å². The fraction of sp³-hybridized carbons (Fsp3) is 0.550. The van der Waals surface area contributed by atoms with Gasteiger partial charge in [-0.05, 0) is 46.9 Å². The summed E-state index contributed by atoms with van der Waals surface area (Å²) in [5.74, 6) is 0.583. The fourth-order valence-corrected chi connectivity index (χ4v) is 4.36. The van der Waals surface area contributed by atoms with Crippen LogP contribution < -0.4 is 0 Å². The lowest BCUT2D eigenvalue weighted by atomic mass is 9.81. The van der Waals surface area contributed by atoms with Crippen LogP contribution in [0.25, 0.3) is 5.69 Å². The summed E-state index contributed by atoms with van der Waals surface area (Å²) in [5, 5.41) is 22.1. The van der Waals surface area contributed by atoms with Crippen molar-refractivity contribution in [2.75, 3.05) is 12.8 Å². The Morgan fingerprint density at radius 1 is 1.29 bits per heavy atom. The molecule has 1 aliphatic carbocycles. The lowest BCUT2D eigenvalue weighted by Gasteiger charge is -2.39. The number of benzene rings is 1. The number of amides is 1. The van der Waals surface area contributed by atoms with Crippen molar-refractivity contribution in [3.05, 3.63) is 29.8 Å². The van der Waals surface area contributed by atoms with E-state index in [9.17, 15) is 10.1 Å². The van der Waals surface area contributed by atoms with E-state index in [0.29, 0.717) is 11.1 Å². The van der Waals surface area contributed by atoms with Crippen LogP contribution in [0.5, 0.6) is 0 Å². The molecule has 8 heteroatoms. The number of carbonyl (C=O) groups excluding carboxylic acids is 1. The first kappa shape index (κ1) is 20.3. The van der Waals surface area contributed by atoms with E-state index in [-0.39, 0.29) is 11.7 Å². The maximum Gasteiger partial charge on any atom is 0.234 e. The van der Waals surface area contributed by atoms with Crippen molar-refractivity contribution < 1.29 is 4.79 Å². The number of carbonyl (C=O) groups is 1. The standard InChI is InChI=1S/C20H26N6OS/c1-15(2)16-7-9-17(10-8-16)26-19(22-23-24-26)28-13-18(27)25(3)20(14-21)11-5-4-6-12-20/h7-10,15H,4-6,11-13H2,1-3H3. The Morgan fingerprint density at radius 2 is 1.96 bits per heavy atom. The first-order valence-corrected chi connectivity index (χ1v) is 10.6. The molecule has 0 saturated heterocycles. The lowest BCUT2D eigenvalue weighted by molar-refractivity contribution is -0.131. The van der Waals surface area contributed by atoms with Gasteiger partial charge >= 0.3 is 0 Å². The average Bonchev–Trinajstić information content (AvgIpc) is 3.20. The van der Waals surface area contributed by atoms with Gasteiger partial charge in [0.25, 0.3) is 0 Å². The molecular formula is C20H26N6OS. The van der Waals surface area contributed by atoms with Gasteiger partial charge in [-0.3, -0.25) is 4.79 Å². The van der Waals surface area contributed by atoms with Crippen LogP contribution in [0.2, 0.25) is 0 Å². The van der Waals surface area contributed by atoms with E-state index in [1.165, 1.54) is 17.3 Å². The molecule has 1 amide bonds. The molecule has 7 nitrogen and oxygen atoms in total. The van der Waals surface area contributed by atoms with Gasteiger partial charge in [-0.15, -0.1) is 5.10 Å². The molecule has 1 aromatic heterocycles. The summed E-state index contributed by atoms with van der Waals surface area (Å²) in [5.41, 5.74) is 1.43. The summed E-state index contributed by atoms with van der Waals surface area (Å²) in [7, 11) is 1.74. The van der Waals surface area contributed by atoms with E-state index in [2.05, 4.69) is 47.6 Å². The molecule has 1 fully saturated rings. The molecule has 0 radical (unpaired) electrons. The number of hydrogen-bond donors (Lipinski definition) is 0. The molecule has 0 aliphatic heterocycles. The van der Waals surface area contributed by atoms with Crippen molar-refractivity contribution in [3.8, 4) is 11.8 Å². The molecule has 0 N–H and O–H groups in total. The average molecular weight is 399 g/mol. The van der Waals surface area contributed by atoms with Gasteiger partial charge in [0, 0.05) is 7.05 Å². The van der Waals surface area contributed by atoms with E-state index < -0.39 is 5.54 Å². The first-order chi connectivity index (χ1) is 13.5. The molecule has 0 atom stereocenters. The molecule has 0 spiro atoms. The van der Waals surface area contributed by atoms with Gasteiger partial charge in [0.05, 0.1) is 17.5 Å². The quantitative estimate of drug-likeness (QED) is 0.691. The predicted octanol–water partition coefficient (Wildman–Crippen LogP) is 3.56. The van der Waals surface area contributed by atoms with Crippen molar-refractivity contribution in [2.45, 2.75) is 62.6 Å². The largest absolute Gasteiger partial charge is 0.326 e. The number of thioether (sulfide) groups is 1. The molecule has 0 bridgehead atoms. The first-order valence-electron chi connectivity index (χ1n) is 9.66. The third-order valence-electron chi connectivity index (χ3n) is 5.47. The second kappa shape index (κ2) is 8.74. The molecule has 1 aromatic carbocycles. The Morgan fingerprint density at radius 3 is 2.57 bits per heavy atom. The Kier molecular flexibility index (Phi) is 6.35. The van der Waals surface area contributed by atoms with Crippen LogP contribution in [-0.4, -0.2) is 49.4 Å². The topological polar surface area (TPSA) is 87.7 Å². The lowest BCUT2D eigenvalue weighted by Crippen LogP contribution is -2.50. The van der Waals surface area contributed by atoms with E-state index in [4.69, 9.17) is 0 Å². The highest BCUT2D eigenvalue weighted by Gasteiger charge is 2.38. The highest BCUT2D eigenvalue weighted by molar-refractivity contribution is 7.99. The minimum absolute atomic E-state index is 0.0712. The third kappa shape index (κ3) is 4.20. The van der Waals surface area contributed by atoms with E-state index >= 15 is 0 Å².